The molecule has 2 rings (SSSR count). The predicted octanol–water partition coefficient (Wildman–Crippen LogP) is 11.8. The van der Waals surface area contributed by atoms with Gasteiger partial charge in [0.2, 0.25) is 0 Å². The van der Waals surface area contributed by atoms with Gasteiger partial charge in [0.05, 0.1) is 0 Å². The molecular formula is C36H58O2. The fraction of sp³-hybridized carbons (Fsp3) is 0.667. The normalized spacial score (nSPS) is 11.4. The molecule has 0 aliphatic carbocycles. The molecule has 0 atom stereocenters. The molecule has 0 saturated heterocycles. The van der Waals surface area contributed by atoms with Gasteiger partial charge >= 0.3 is 0 Å². The van der Waals surface area contributed by atoms with Crippen LogP contribution < -0.4 is 0 Å². The minimum Gasteiger partial charge on any atom is -0.508 e. The lowest BCUT2D eigenvalue weighted by Gasteiger charge is -2.20. The molecule has 2 aromatic carbocycles. The Labute approximate surface area is 235 Å². The Bertz CT molecular complexity index is 769. The van der Waals surface area contributed by atoms with Crippen molar-refractivity contribution in [2.75, 3.05) is 0 Å². The largest absolute Gasteiger partial charge is 0.508 e. The van der Waals surface area contributed by atoms with Gasteiger partial charge in [0.25, 0.3) is 0 Å². The SMILES string of the molecule is CCCCCCCCCCCCCCCCCCCCCCCC(c1ccccc1O)c1ccccc1O. The Balaban J connectivity index is 1.43. The van der Waals surface area contributed by atoms with E-state index < -0.39 is 0 Å². The van der Waals surface area contributed by atoms with E-state index in [1.165, 1.54) is 128 Å². The van der Waals surface area contributed by atoms with Crippen LogP contribution in [0.4, 0.5) is 0 Å². The monoisotopic (exact) mass is 522 g/mol. The van der Waals surface area contributed by atoms with Crippen molar-refractivity contribution >= 4 is 0 Å². The lowest BCUT2D eigenvalue weighted by Crippen LogP contribution is -2.02. The summed E-state index contributed by atoms with van der Waals surface area (Å²) in [7, 11) is 0. The van der Waals surface area contributed by atoms with Crippen molar-refractivity contribution < 1.29 is 10.2 Å². The van der Waals surface area contributed by atoms with Gasteiger partial charge in [0.15, 0.2) is 0 Å². The molecule has 0 heterocycles. The van der Waals surface area contributed by atoms with Crippen LogP contribution in [0.25, 0.3) is 0 Å². The Morgan fingerprint density at radius 2 is 0.711 bits per heavy atom. The summed E-state index contributed by atoms with van der Waals surface area (Å²) in [6.45, 7) is 2.29. The smallest absolute Gasteiger partial charge is 0.119 e. The molecule has 0 fully saturated rings. The fourth-order valence-electron chi connectivity index (χ4n) is 5.82. The van der Waals surface area contributed by atoms with Crippen LogP contribution in [0.15, 0.2) is 48.5 Å². The lowest BCUT2D eigenvalue weighted by molar-refractivity contribution is 0.447. The van der Waals surface area contributed by atoms with Crippen molar-refractivity contribution in [2.45, 2.75) is 154 Å². The van der Waals surface area contributed by atoms with Gasteiger partial charge in [-0.25, -0.2) is 0 Å². The number of unbranched alkanes of at least 4 members (excludes halogenated alkanes) is 20. The van der Waals surface area contributed by atoms with E-state index in [1.54, 1.807) is 12.1 Å². The van der Waals surface area contributed by atoms with Crippen LogP contribution in [0.5, 0.6) is 11.5 Å². The number of hydrogen-bond acceptors (Lipinski definition) is 2. The summed E-state index contributed by atoms with van der Waals surface area (Å²) in [6, 6.07) is 15.1. The van der Waals surface area contributed by atoms with Crippen LogP contribution in [0, 0.1) is 0 Å². The van der Waals surface area contributed by atoms with Crippen molar-refractivity contribution in [3.8, 4) is 11.5 Å². The number of rotatable bonds is 24. The van der Waals surface area contributed by atoms with E-state index in [1.807, 2.05) is 36.4 Å². The molecule has 0 spiro atoms. The van der Waals surface area contributed by atoms with E-state index in [-0.39, 0.29) is 5.92 Å². The van der Waals surface area contributed by atoms with E-state index >= 15 is 0 Å². The third-order valence-corrected chi connectivity index (χ3v) is 8.22. The van der Waals surface area contributed by atoms with E-state index in [9.17, 15) is 10.2 Å². The molecule has 2 N–H and O–H groups in total. The van der Waals surface area contributed by atoms with Crippen LogP contribution in [0.1, 0.15) is 165 Å². The van der Waals surface area contributed by atoms with Crippen molar-refractivity contribution in [3.05, 3.63) is 59.7 Å². The van der Waals surface area contributed by atoms with Crippen LogP contribution in [-0.2, 0) is 0 Å². The van der Waals surface area contributed by atoms with Gasteiger partial charge in [0, 0.05) is 17.0 Å². The standard InChI is InChI=1S/C36H58O2/c1-2-3-4-5-6-7-8-9-10-11-12-13-14-15-16-17-18-19-20-21-22-27-32(33-28-23-25-30-35(33)37)34-29-24-26-31-36(34)38/h23-26,28-32,37-38H,2-22,27H2,1H3. The fourth-order valence-corrected chi connectivity index (χ4v) is 5.82. The molecule has 0 saturated carbocycles. The number of benzene rings is 2. The molecule has 0 unspecified atom stereocenters. The molecule has 2 nitrogen and oxygen atoms in total. The summed E-state index contributed by atoms with van der Waals surface area (Å²) in [5, 5.41) is 20.8. The van der Waals surface area contributed by atoms with E-state index in [4.69, 9.17) is 0 Å². The van der Waals surface area contributed by atoms with Gasteiger partial charge in [-0.3, -0.25) is 0 Å². The number of aromatic hydroxyl groups is 2. The second-order valence-corrected chi connectivity index (χ2v) is 11.5. The third kappa shape index (κ3) is 14.3. The van der Waals surface area contributed by atoms with Gasteiger partial charge in [-0.15, -0.1) is 0 Å². The maximum Gasteiger partial charge on any atom is 0.119 e. The Morgan fingerprint density at radius 1 is 0.421 bits per heavy atom. The highest BCUT2D eigenvalue weighted by Crippen LogP contribution is 2.38. The average molecular weight is 523 g/mol. The highest BCUT2D eigenvalue weighted by Gasteiger charge is 2.19. The first kappa shape index (κ1) is 32.3. The molecule has 0 bridgehead atoms. The molecule has 2 aromatic rings. The van der Waals surface area contributed by atoms with E-state index in [2.05, 4.69) is 6.92 Å². The third-order valence-electron chi connectivity index (χ3n) is 8.22. The molecule has 38 heavy (non-hydrogen) atoms. The van der Waals surface area contributed by atoms with Gasteiger partial charge in [-0.05, 0) is 18.6 Å². The van der Waals surface area contributed by atoms with Crippen LogP contribution >= 0.6 is 0 Å². The first-order valence-electron chi connectivity index (χ1n) is 16.3. The van der Waals surface area contributed by atoms with Gasteiger partial charge in [-0.1, -0.05) is 178 Å². The Hall–Kier alpha value is -1.96. The molecule has 0 aliphatic rings. The predicted molar refractivity (Wildman–Crippen MR) is 165 cm³/mol. The quantitative estimate of drug-likeness (QED) is 0.135. The molecule has 0 aliphatic heterocycles. The molecular weight excluding hydrogens is 464 g/mol. The highest BCUT2D eigenvalue weighted by molar-refractivity contribution is 5.45. The number of hydrogen-bond donors (Lipinski definition) is 2. The summed E-state index contributed by atoms with van der Waals surface area (Å²) in [5.41, 5.74) is 1.84. The summed E-state index contributed by atoms with van der Waals surface area (Å²) >= 11 is 0. The first-order valence-corrected chi connectivity index (χ1v) is 16.3. The van der Waals surface area contributed by atoms with Gasteiger partial charge < -0.3 is 10.2 Å². The van der Waals surface area contributed by atoms with Crippen LogP contribution in [-0.4, -0.2) is 10.2 Å². The van der Waals surface area contributed by atoms with Crippen LogP contribution in [0.3, 0.4) is 0 Å². The van der Waals surface area contributed by atoms with Crippen molar-refractivity contribution in [1.29, 1.82) is 0 Å². The second-order valence-electron chi connectivity index (χ2n) is 11.5. The van der Waals surface area contributed by atoms with Crippen LogP contribution in [0.2, 0.25) is 0 Å². The average Bonchev–Trinajstić information content (AvgIpc) is 2.93. The minimum absolute atomic E-state index is 0.0396. The van der Waals surface area contributed by atoms with Crippen molar-refractivity contribution in [3.63, 3.8) is 0 Å². The Morgan fingerprint density at radius 3 is 1.03 bits per heavy atom. The second kappa shape index (κ2) is 21.9. The first-order chi connectivity index (χ1) is 18.7. The maximum absolute atomic E-state index is 10.4. The minimum atomic E-state index is 0.0396. The van der Waals surface area contributed by atoms with E-state index in [0.717, 1.165) is 24.0 Å². The molecule has 0 amide bonds. The zero-order valence-corrected chi connectivity index (χ0v) is 24.6. The van der Waals surface area contributed by atoms with Crippen molar-refractivity contribution in [2.24, 2.45) is 0 Å². The lowest BCUT2D eigenvalue weighted by atomic mass is 9.85. The maximum atomic E-state index is 10.4. The highest BCUT2D eigenvalue weighted by atomic mass is 16.3. The molecule has 0 radical (unpaired) electrons. The van der Waals surface area contributed by atoms with E-state index in [0.29, 0.717) is 11.5 Å². The summed E-state index contributed by atoms with van der Waals surface area (Å²) in [4.78, 5) is 0. The van der Waals surface area contributed by atoms with Crippen molar-refractivity contribution in [1.82, 2.24) is 0 Å². The summed E-state index contributed by atoms with van der Waals surface area (Å²) < 4.78 is 0. The zero-order chi connectivity index (χ0) is 27.1. The molecule has 214 valence electrons. The summed E-state index contributed by atoms with van der Waals surface area (Å²) in [6.07, 6.45) is 30.2. The Kier molecular flexibility index (Phi) is 18.6. The summed E-state index contributed by atoms with van der Waals surface area (Å²) in [5.74, 6) is 0.686. The van der Waals surface area contributed by atoms with Gasteiger partial charge in [0.1, 0.15) is 11.5 Å². The number of phenols is 2. The number of phenolic OH excluding ortho intramolecular Hbond substituents is 2. The molecule has 0 aromatic heterocycles. The molecule has 2 heteroatoms. The topological polar surface area (TPSA) is 40.5 Å². The zero-order valence-electron chi connectivity index (χ0n) is 24.6. The number of para-hydroxylation sites is 2. The van der Waals surface area contributed by atoms with Gasteiger partial charge in [-0.2, -0.15) is 0 Å².